The molecule has 2 amide bonds. The van der Waals surface area contributed by atoms with E-state index < -0.39 is 6.04 Å². The molecular formula is C24H31BrN2O3S. The van der Waals surface area contributed by atoms with Crippen molar-refractivity contribution in [1.29, 1.82) is 0 Å². The number of benzene rings is 2. The van der Waals surface area contributed by atoms with Gasteiger partial charge in [-0.3, -0.25) is 9.59 Å². The van der Waals surface area contributed by atoms with Crippen molar-refractivity contribution in [2.75, 3.05) is 12.9 Å². The second kappa shape index (κ2) is 12.8. The van der Waals surface area contributed by atoms with Gasteiger partial charge in [-0.2, -0.15) is 0 Å². The fourth-order valence-electron chi connectivity index (χ4n) is 2.90. The predicted octanol–water partition coefficient (Wildman–Crippen LogP) is 5.02. The third kappa shape index (κ3) is 8.22. The third-order valence-corrected chi connectivity index (χ3v) is 6.61. The van der Waals surface area contributed by atoms with Crippen LogP contribution in [-0.4, -0.2) is 41.7 Å². The van der Waals surface area contributed by atoms with E-state index in [0.29, 0.717) is 12.3 Å². The Bertz CT molecular complexity index is 843. The largest absolute Gasteiger partial charge is 0.497 e. The number of nitrogens with one attached hydrogen (secondary N) is 1. The predicted molar refractivity (Wildman–Crippen MR) is 131 cm³/mol. The lowest BCUT2D eigenvalue weighted by molar-refractivity contribution is -0.138. The van der Waals surface area contributed by atoms with Crippen molar-refractivity contribution in [2.45, 2.75) is 51.6 Å². The summed E-state index contributed by atoms with van der Waals surface area (Å²) >= 11 is 4.98. The van der Waals surface area contributed by atoms with Crippen LogP contribution < -0.4 is 10.1 Å². The molecule has 2 rings (SSSR count). The molecule has 31 heavy (non-hydrogen) atoms. The Hall–Kier alpha value is -1.99. The van der Waals surface area contributed by atoms with Crippen molar-refractivity contribution < 1.29 is 14.3 Å². The summed E-state index contributed by atoms with van der Waals surface area (Å²) in [6.45, 7) is 6.18. The van der Waals surface area contributed by atoms with Crippen molar-refractivity contribution in [3.63, 3.8) is 0 Å². The van der Waals surface area contributed by atoms with Crippen LogP contribution in [0.4, 0.5) is 0 Å². The second-order valence-electron chi connectivity index (χ2n) is 7.48. The maximum atomic E-state index is 13.1. The molecule has 0 aliphatic rings. The van der Waals surface area contributed by atoms with Crippen molar-refractivity contribution in [3.05, 3.63) is 64.1 Å². The lowest BCUT2D eigenvalue weighted by Gasteiger charge is -2.29. The van der Waals surface area contributed by atoms with Gasteiger partial charge >= 0.3 is 0 Å². The van der Waals surface area contributed by atoms with Gasteiger partial charge in [0, 0.05) is 22.8 Å². The Morgan fingerprint density at radius 1 is 1.06 bits per heavy atom. The summed E-state index contributed by atoms with van der Waals surface area (Å²) in [7, 11) is 1.64. The van der Waals surface area contributed by atoms with Gasteiger partial charge in [-0.05, 0) is 55.7 Å². The first-order chi connectivity index (χ1) is 14.8. The normalized spacial score (nSPS) is 12.7. The number of thioether (sulfide) groups is 1. The Kier molecular flexibility index (Phi) is 10.4. The SMILES string of the molecule is CC[C@H](C)NC(=O)[C@@H](C)N(Cc1ccc(Br)cc1)C(=O)CSCc1ccc(OC)cc1. The van der Waals surface area contributed by atoms with Gasteiger partial charge in [-0.1, -0.05) is 47.1 Å². The zero-order chi connectivity index (χ0) is 22.8. The summed E-state index contributed by atoms with van der Waals surface area (Å²) in [5, 5.41) is 2.99. The monoisotopic (exact) mass is 506 g/mol. The highest BCUT2D eigenvalue weighted by Gasteiger charge is 2.26. The molecule has 168 valence electrons. The van der Waals surface area contributed by atoms with Gasteiger partial charge in [0.25, 0.3) is 0 Å². The Labute approximate surface area is 198 Å². The quantitative estimate of drug-likeness (QED) is 0.464. The summed E-state index contributed by atoms with van der Waals surface area (Å²) in [5.74, 6) is 1.67. The smallest absolute Gasteiger partial charge is 0.242 e. The van der Waals surface area contributed by atoms with Crippen LogP contribution >= 0.6 is 27.7 Å². The third-order valence-electron chi connectivity index (χ3n) is 5.09. The molecule has 0 heterocycles. The first-order valence-corrected chi connectivity index (χ1v) is 12.3. The van der Waals surface area contributed by atoms with Gasteiger partial charge in [0.2, 0.25) is 11.8 Å². The fraction of sp³-hybridized carbons (Fsp3) is 0.417. The molecule has 2 atom stereocenters. The van der Waals surface area contributed by atoms with Gasteiger partial charge in [0.05, 0.1) is 12.9 Å². The van der Waals surface area contributed by atoms with E-state index in [1.807, 2.05) is 62.4 Å². The van der Waals surface area contributed by atoms with E-state index in [2.05, 4.69) is 21.2 Å². The lowest BCUT2D eigenvalue weighted by Crippen LogP contribution is -2.50. The standard InChI is InChI=1S/C24H31BrN2O3S/c1-5-17(2)26-24(29)18(3)27(14-19-6-10-21(25)11-7-19)23(28)16-31-15-20-8-12-22(30-4)13-9-20/h6-13,17-18H,5,14-16H2,1-4H3,(H,26,29)/t17-,18+/m0/s1. The first-order valence-electron chi connectivity index (χ1n) is 10.4. The van der Waals surface area contributed by atoms with Crippen LogP contribution in [0.15, 0.2) is 53.0 Å². The average Bonchev–Trinajstić information content (AvgIpc) is 2.78. The maximum absolute atomic E-state index is 13.1. The van der Waals surface area contributed by atoms with E-state index in [1.165, 1.54) is 0 Å². The van der Waals surface area contributed by atoms with Gasteiger partial charge in [0.1, 0.15) is 11.8 Å². The number of halogens is 1. The van der Waals surface area contributed by atoms with Crippen LogP contribution in [0, 0.1) is 0 Å². The number of methoxy groups -OCH3 is 1. The van der Waals surface area contributed by atoms with Crippen LogP contribution in [-0.2, 0) is 21.9 Å². The van der Waals surface area contributed by atoms with Crippen LogP contribution in [0.25, 0.3) is 0 Å². The molecule has 1 N–H and O–H groups in total. The number of carbonyl (C=O) groups is 2. The molecule has 0 spiro atoms. The van der Waals surface area contributed by atoms with E-state index in [0.717, 1.165) is 33.5 Å². The summed E-state index contributed by atoms with van der Waals surface area (Å²) in [4.78, 5) is 27.5. The van der Waals surface area contributed by atoms with Crippen molar-refractivity contribution in [1.82, 2.24) is 10.2 Å². The highest BCUT2D eigenvalue weighted by molar-refractivity contribution is 9.10. The number of nitrogens with zero attached hydrogens (tertiary/aromatic N) is 1. The van der Waals surface area contributed by atoms with E-state index in [-0.39, 0.29) is 17.9 Å². The van der Waals surface area contributed by atoms with E-state index in [9.17, 15) is 9.59 Å². The molecule has 5 nitrogen and oxygen atoms in total. The number of hydrogen-bond donors (Lipinski definition) is 1. The molecule has 0 bridgehead atoms. The molecule has 0 aliphatic carbocycles. The van der Waals surface area contributed by atoms with Crippen LogP contribution in [0.2, 0.25) is 0 Å². The van der Waals surface area contributed by atoms with Gasteiger partial charge in [0.15, 0.2) is 0 Å². The highest BCUT2D eigenvalue weighted by Crippen LogP contribution is 2.19. The molecule has 0 saturated heterocycles. The zero-order valence-electron chi connectivity index (χ0n) is 18.6. The minimum atomic E-state index is -0.549. The number of carbonyl (C=O) groups excluding carboxylic acids is 2. The number of amides is 2. The van der Waals surface area contributed by atoms with Gasteiger partial charge < -0.3 is 15.0 Å². The first kappa shape index (κ1) is 25.3. The van der Waals surface area contributed by atoms with Gasteiger partial charge in [-0.25, -0.2) is 0 Å². The molecule has 0 saturated carbocycles. The van der Waals surface area contributed by atoms with Crippen molar-refractivity contribution >= 4 is 39.5 Å². The minimum absolute atomic E-state index is 0.0479. The van der Waals surface area contributed by atoms with Crippen LogP contribution in [0.3, 0.4) is 0 Å². The van der Waals surface area contributed by atoms with Crippen molar-refractivity contribution in [3.8, 4) is 5.75 Å². The summed E-state index contributed by atoms with van der Waals surface area (Å²) in [6.07, 6.45) is 0.844. The summed E-state index contributed by atoms with van der Waals surface area (Å²) < 4.78 is 6.16. The Morgan fingerprint density at radius 3 is 2.26 bits per heavy atom. The van der Waals surface area contributed by atoms with Crippen LogP contribution in [0.1, 0.15) is 38.3 Å². The van der Waals surface area contributed by atoms with Crippen molar-refractivity contribution in [2.24, 2.45) is 0 Å². The topological polar surface area (TPSA) is 58.6 Å². The molecule has 2 aromatic rings. The molecule has 2 aromatic carbocycles. The molecule has 7 heteroatoms. The number of ether oxygens (including phenoxy) is 1. The molecule has 0 aliphatic heterocycles. The second-order valence-corrected chi connectivity index (χ2v) is 9.38. The zero-order valence-corrected chi connectivity index (χ0v) is 21.0. The molecule has 0 fully saturated rings. The molecule has 0 radical (unpaired) electrons. The average molecular weight is 507 g/mol. The number of rotatable bonds is 11. The van der Waals surface area contributed by atoms with E-state index >= 15 is 0 Å². The molecular weight excluding hydrogens is 476 g/mol. The summed E-state index contributed by atoms with van der Waals surface area (Å²) in [6, 6.07) is 15.2. The van der Waals surface area contributed by atoms with E-state index in [1.54, 1.807) is 30.7 Å². The van der Waals surface area contributed by atoms with Crippen LogP contribution in [0.5, 0.6) is 5.75 Å². The highest BCUT2D eigenvalue weighted by atomic mass is 79.9. The van der Waals surface area contributed by atoms with E-state index in [4.69, 9.17) is 4.74 Å². The molecule has 0 aromatic heterocycles. The lowest BCUT2D eigenvalue weighted by atomic mass is 10.1. The fourth-order valence-corrected chi connectivity index (χ4v) is 4.03. The minimum Gasteiger partial charge on any atom is -0.497 e. The Balaban J connectivity index is 2.04. The molecule has 0 unspecified atom stereocenters. The summed E-state index contributed by atoms with van der Waals surface area (Å²) in [5.41, 5.74) is 2.11. The van der Waals surface area contributed by atoms with Gasteiger partial charge in [-0.15, -0.1) is 11.8 Å². The number of hydrogen-bond acceptors (Lipinski definition) is 4. The maximum Gasteiger partial charge on any atom is 0.242 e. The Morgan fingerprint density at radius 2 is 1.68 bits per heavy atom.